The van der Waals surface area contributed by atoms with Crippen LogP contribution in [-0.2, 0) is 11.2 Å². The number of carbonyl (C=O) groups excluding carboxylic acids is 2. The predicted octanol–water partition coefficient (Wildman–Crippen LogP) is 2.89. The second kappa shape index (κ2) is 9.00. The van der Waals surface area contributed by atoms with E-state index < -0.39 is 0 Å². The number of nitrogens with zero attached hydrogens (tertiary/aromatic N) is 3. The third-order valence-electron chi connectivity index (χ3n) is 4.91. The molecule has 0 unspecified atom stereocenters. The van der Waals surface area contributed by atoms with Crippen molar-refractivity contribution in [2.24, 2.45) is 0 Å². The van der Waals surface area contributed by atoms with Crippen LogP contribution in [0, 0.1) is 0 Å². The summed E-state index contributed by atoms with van der Waals surface area (Å²) in [6, 6.07) is 11.1. The third-order valence-corrected chi connectivity index (χ3v) is 5.71. The van der Waals surface area contributed by atoms with Crippen LogP contribution in [0.15, 0.2) is 52.5 Å². The van der Waals surface area contributed by atoms with Crippen molar-refractivity contribution in [3.8, 4) is 5.75 Å². The Morgan fingerprint density at radius 3 is 2.70 bits per heavy atom. The van der Waals surface area contributed by atoms with Gasteiger partial charge in [0.05, 0.1) is 31.2 Å². The van der Waals surface area contributed by atoms with Gasteiger partial charge in [-0.1, -0.05) is 12.1 Å². The molecule has 156 valence electrons. The van der Waals surface area contributed by atoms with Gasteiger partial charge in [-0.3, -0.25) is 14.9 Å². The van der Waals surface area contributed by atoms with Crippen LogP contribution in [0.3, 0.4) is 0 Å². The van der Waals surface area contributed by atoms with Gasteiger partial charge in [0.25, 0.3) is 5.91 Å². The zero-order valence-electron chi connectivity index (χ0n) is 16.5. The number of hydrogen-bond donors (Lipinski definition) is 1. The maximum atomic E-state index is 12.7. The summed E-state index contributed by atoms with van der Waals surface area (Å²) in [5.74, 6) is 0.725. The van der Waals surface area contributed by atoms with Crippen LogP contribution < -0.4 is 15.0 Å². The molecule has 8 nitrogen and oxygen atoms in total. The Bertz CT molecular complexity index is 1010. The van der Waals surface area contributed by atoms with Crippen LogP contribution in [0.4, 0.5) is 10.8 Å². The maximum Gasteiger partial charge on any atom is 0.293 e. The average Bonchev–Trinajstić information content (AvgIpc) is 3.46. The Morgan fingerprint density at radius 2 is 1.97 bits per heavy atom. The lowest BCUT2D eigenvalue weighted by molar-refractivity contribution is -0.130. The summed E-state index contributed by atoms with van der Waals surface area (Å²) in [4.78, 5) is 33.2. The van der Waals surface area contributed by atoms with Crippen molar-refractivity contribution in [2.75, 3.05) is 43.5 Å². The van der Waals surface area contributed by atoms with Gasteiger partial charge in [0.1, 0.15) is 5.75 Å². The highest BCUT2D eigenvalue weighted by Gasteiger charge is 2.23. The number of rotatable bonds is 6. The molecule has 0 aliphatic carbocycles. The summed E-state index contributed by atoms with van der Waals surface area (Å²) in [6.45, 7) is 2.77. The zero-order valence-corrected chi connectivity index (χ0v) is 17.4. The highest BCUT2D eigenvalue weighted by molar-refractivity contribution is 7.14. The quantitative estimate of drug-likeness (QED) is 0.652. The molecule has 1 aliphatic rings. The molecule has 0 saturated carbocycles. The minimum atomic E-state index is -0.361. The van der Waals surface area contributed by atoms with E-state index in [1.807, 2.05) is 29.2 Å². The summed E-state index contributed by atoms with van der Waals surface area (Å²) in [7, 11) is 1.66. The first kappa shape index (κ1) is 20.0. The van der Waals surface area contributed by atoms with Gasteiger partial charge in [-0.15, -0.1) is 11.3 Å². The minimum absolute atomic E-state index is 0.0314. The Labute approximate surface area is 178 Å². The molecule has 0 bridgehead atoms. The Morgan fingerprint density at radius 1 is 1.17 bits per heavy atom. The minimum Gasteiger partial charge on any atom is -0.495 e. The van der Waals surface area contributed by atoms with E-state index in [1.54, 1.807) is 24.6 Å². The highest BCUT2D eigenvalue weighted by Crippen LogP contribution is 2.28. The second-order valence-electron chi connectivity index (χ2n) is 6.79. The number of aromatic nitrogens is 1. The largest absolute Gasteiger partial charge is 0.495 e. The van der Waals surface area contributed by atoms with Crippen molar-refractivity contribution < 1.29 is 18.7 Å². The molecule has 1 aliphatic heterocycles. The molecule has 4 rings (SSSR count). The predicted molar refractivity (Wildman–Crippen MR) is 114 cm³/mol. The van der Waals surface area contributed by atoms with Crippen LogP contribution in [0.1, 0.15) is 16.2 Å². The Hall–Kier alpha value is -3.33. The van der Waals surface area contributed by atoms with Gasteiger partial charge in [-0.25, -0.2) is 4.98 Å². The van der Waals surface area contributed by atoms with Crippen LogP contribution in [0.5, 0.6) is 5.75 Å². The van der Waals surface area contributed by atoms with Crippen molar-refractivity contribution in [2.45, 2.75) is 6.42 Å². The first-order chi connectivity index (χ1) is 14.6. The van der Waals surface area contributed by atoms with Crippen LogP contribution in [0.25, 0.3) is 0 Å². The van der Waals surface area contributed by atoms with E-state index in [4.69, 9.17) is 9.15 Å². The number of nitrogens with one attached hydrogen (secondary N) is 1. The Kier molecular flexibility index (Phi) is 5.99. The van der Waals surface area contributed by atoms with E-state index in [0.29, 0.717) is 23.9 Å². The SMILES string of the molecule is COc1ccccc1N1CCN(C(=O)Cc2csc(NC(=O)c3ccco3)n2)CC1. The van der Waals surface area contributed by atoms with Crippen molar-refractivity contribution in [3.63, 3.8) is 0 Å². The molecule has 0 spiro atoms. The number of anilines is 2. The molecule has 30 heavy (non-hydrogen) atoms. The summed E-state index contributed by atoms with van der Waals surface area (Å²) in [5.41, 5.74) is 1.69. The number of piperazine rings is 1. The summed E-state index contributed by atoms with van der Waals surface area (Å²) in [5, 5.41) is 4.92. The number of para-hydroxylation sites is 2. The van der Waals surface area contributed by atoms with Gasteiger partial charge >= 0.3 is 0 Å². The number of ether oxygens (including phenoxy) is 1. The summed E-state index contributed by atoms with van der Waals surface area (Å²) in [6.07, 6.45) is 1.65. The zero-order chi connectivity index (χ0) is 20.9. The van der Waals surface area contributed by atoms with E-state index >= 15 is 0 Å². The molecule has 2 aromatic heterocycles. The number of benzene rings is 1. The lowest BCUT2D eigenvalue weighted by Gasteiger charge is -2.36. The van der Waals surface area contributed by atoms with Crippen molar-refractivity contribution >= 4 is 34.0 Å². The van der Waals surface area contributed by atoms with Crippen LogP contribution >= 0.6 is 11.3 Å². The monoisotopic (exact) mass is 426 g/mol. The van der Waals surface area contributed by atoms with Crippen molar-refractivity contribution in [1.29, 1.82) is 0 Å². The average molecular weight is 426 g/mol. The van der Waals surface area contributed by atoms with E-state index in [1.165, 1.54) is 17.6 Å². The molecular weight excluding hydrogens is 404 g/mol. The molecule has 2 amide bonds. The lowest BCUT2D eigenvalue weighted by Crippen LogP contribution is -2.49. The molecule has 1 aromatic carbocycles. The second-order valence-corrected chi connectivity index (χ2v) is 7.65. The lowest BCUT2D eigenvalue weighted by atomic mass is 10.2. The number of methoxy groups -OCH3 is 1. The number of hydrogen-bond acceptors (Lipinski definition) is 7. The fourth-order valence-electron chi connectivity index (χ4n) is 3.37. The number of carbonyl (C=O) groups is 2. The van der Waals surface area contributed by atoms with E-state index in [9.17, 15) is 9.59 Å². The molecule has 3 heterocycles. The van der Waals surface area contributed by atoms with Crippen LogP contribution in [-0.4, -0.2) is 55.0 Å². The molecule has 0 atom stereocenters. The first-order valence-electron chi connectivity index (χ1n) is 9.59. The fourth-order valence-corrected chi connectivity index (χ4v) is 4.07. The number of thiazole rings is 1. The summed E-state index contributed by atoms with van der Waals surface area (Å²) >= 11 is 1.29. The van der Waals surface area contributed by atoms with Gasteiger partial charge in [-0.05, 0) is 24.3 Å². The molecule has 9 heteroatoms. The van der Waals surface area contributed by atoms with Gasteiger partial charge in [-0.2, -0.15) is 0 Å². The highest BCUT2D eigenvalue weighted by atomic mass is 32.1. The topological polar surface area (TPSA) is 87.9 Å². The van der Waals surface area contributed by atoms with E-state index in [-0.39, 0.29) is 24.0 Å². The van der Waals surface area contributed by atoms with Crippen LogP contribution in [0.2, 0.25) is 0 Å². The van der Waals surface area contributed by atoms with Crippen molar-refractivity contribution in [3.05, 3.63) is 59.5 Å². The van der Waals surface area contributed by atoms with Crippen molar-refractivity contribution in [1.82, 2.24) is 9.88 Å². The smallest absolute Gasteiger partial charge is 0.293 e. The molecule has 0 radical (unpaired) electrons. The molecule has 3 aromatic rings. The number of amides is 2. The summed E-state index contributed by atoms with van der Waals surface area (Å²) < 4.78 is 10.5. The van der Waals surface area contributed by atoms with Gasteiger partial charge in [0.2, 0.25) is 5.91 Å². The molecular formula is C21H22N4O4S. The normalized spacial score (nSPS) is 13.9. The Balaban J connectivity index is 1.30. The first-order valence-corrected chi connectivity index (χ1v) is 10.5. The standard InChI is InChI=1S/C21H22N4O4S/c1-28-17-6-3-2-5-16(17)24-8-10-25(11-9-24)19(26)13-15-14-30-21(22-15)23-20(27)18-7-4-12-29-18/h2-7,12,14H,8-11,13H2,1H3,(H,22,23,27). The number of furan rings is 1. The molecule has 1 saturated heterocycles. The third kappa shape index (κ3) is 4.46. The molecule has 1 fully saturated rings. The fraction of sp³-hybridized carbons (Fsp3) is 0.286. The van der Waals surface area contributed by atoms with Gasteiger partial charge < -0.3 is 19.0 Å². The van der Waals surface area contributed by atoms with Gasteiger partial charge in [0.15, 0.2) is 10.9 Å². The molecule has 1 N–H and O–H groups in total. The van der Waals surface area contributed by atoms with E-state index in [0.717, 1.165) is 24.5 Å². The van der Waals surface area contributed by atoms with Gasteiger partial charge in [0, 0.05) is 31.6 Å². The maximum absolute atomic E-state index is 12.7. The van der Waals surface area contributed by atoms with E-state index in [2.05, 4.69) is 15.2 Å².